The van der Waals surface area contributed by atoms with Gasteiger partial charge in [-0.3, -0.25) is 9.48 Å². The Morgan fingerprint density at radius 1 is 1.23 bits per heavy atom. The second-order valence-electron chi connectivity index (χ2n) is 6.91. The van der Waals surface area contributed by atoms with Crippen LogP contribution >= 0.6 is 11.6 Å². The molecule has 0 unspecified atom stereocenters. The molecule has 0 saturated carbocycles. The second-order valence-corrected chi connectivity index (χ2v) is 7.32. The monoisotopic (exact) mass is 428 g/mol. The number of ether oxygens (including phenoxy) is 2. The average Bonchev–Trinajstić information content (AvgIpc) is 3.04. The summed E-state index contributed by atoms with van der Waals surface area (Å²) in [6.07, 6.45) is 1.57. The number of aromatic nitrogens is 2. The molecule has 30 heavy (non-hydrogen) atoms. The summed E-state index contributed by atoms with van der Waals surface area (Å²) in [5.74, 6) is 1.17. The lowest BCUT2D eigenvalue weighted by molar-refractivity contribution is 0.102. The fourth-order valence-corrected chi connectivity index (χ4v) is 3.68. The highest BCUT2D eigenvalue weighted by Crippen LogP contribution is 2.36. The zero-order valence-corrected chi connectivity index (χ0v) is 18.2. The van der Waals surface area contributed by atoms with E-state index in [9.17, 15) is 4.79 Å². The lowest BCUT2D eigenvalue weighted by atomic mass is 10.0. The number of amides is 1. The number of halogens is 1. The molecule has 3 rings (SSSR count). The summed E-state index contributed by atoms with van der Waals surface area (Å²) < 4.78 is 12.8. The predicted octanol–water partition coefficient (Wildman–Crippen LogP) is 3.96. The molecule has 0 radical (unpaired) electrons. The van der Waals surface area contributed by atoms with Gasteiger partial charge in [0.05, 0.1) is 24.0 Å². The number of nitrogens with one attached hydrogen (secondary N) is 1. The van der Waals surface area contributed by atoms with Crippen LogP contribution in [0.1, 0.15) is 21.5 Å². The van der Waals surface area contributed by atoms with Crippen LogP contribution in [0.25, 0.3) is 11.3 Å². The van der Waals surface area contributed by atoms with E-state index >= 15 is 0 Å². The molecule has 7 nitrogen and oxygen atoms in total. The van der Waals surface area contributed by atoms with E-state index < -0.39 is 0 Å². The minimum Gasteiger partial charge on any atom is -0.496 e. The number of nitrogens with two attached hydrogens (primary N) is 1. The van der Waals surface area contributed by atoms with Gasteiger partial charge in [0.15, 0.2) is 0 Å². The summed E-state index contributed by atoms with van der Waals surface area (Å²) in [7, 11) is 3.41. The van der Waals surface area contributed by atoms with Crippen molar-refractivity contribution in [2.24, 2.45) is 12.8 Å². The Bertz CT molecular complexity index is 1040. The first-order valence-electron chi connectivity index (χ1n) is 9.47. The normalized spacial score (nSPS) is 10.7. The third-order valence-corrected chi connectivity index (χ3v) is 4.97. The molecule has 8 heteroatoms. The third kappa shape index (κ3) is 4.42. The van der Waals surface area contributed by atoms with E-state index in [4.69, 9.17) is 26.8 Å². The van der Waals surface area contributed by atoms with Crippen LogP contribution in [0.15, 0.2) is 36.5 Å². The number of anilines is 1. The zero-order valence-electron chi connectivity index (χ0n) is 17.5. The van der Waals surface area contributed by atoms with E-state index in [1.807, 2.05) is 19.9 Å². The Morgan fingerprint density at radius 3 is 2.50 bits per heavy atom. The largest absolute Gasteiger partial charge is 0.496 e. The summed E-state index contributed by atoms with van der Waals surface area (Å²) >= 11 is 6.34. The van der Waals surface area contributed by atoms with Crippen molar-refractivity contribution in [3.05, 3.63) is 58.2 Å². The van der Waals surface area contributed by atoms with Crippen molar-refractivity contribution in [2.75, 3.05) is 25.6 Å². The third-order valence-electron chi connectivity index (χ3n) is 4.69. The smallest absolute Gasteiger partial charge is 0.255 e. The number of carbonyl (C=O) groups is 1. The van der Waals surface area contributed by atoms with Crippen molar-refractivity contribution in [3.63, 3.8) is 0 Å². The first-order valence-corrected chi connectivity index (χ1v) is 9.84. The molecule has 3 aromatic rings. The Balaban J connectivity index is 1.95. The average molecular weight is 429 g/mol. The van der Waals surface area contributed by atoms with Crippen LogP contribution < -0.4 is 20.5 Å². The quantitative estimate of drug-likeness (QED) is 0.594. The van der Waals surface area contributed by atoms with Crippen LogP contribution in [0, 0.1) is 13.8 Å². The van der Waals surface area contributed by atoms with E-state index in [1.165, 1.54) is 0 Å². The van der Waals surface area contributed by atoms with Gasteiger partial charge in [0.25, 0.3) is 5.91 Å². The van der Waals surface area contributed by atoms with Gasteiger partial charge in [0, 0.05) is 30.4 Å². The minimum atomic E-state index is -0.221. The summed E-state index contributed by atoms with van der Waals surface area (Å²) in [6, 6.07) is 8.99. The molecule has 3 N–H and O–H groups in total. The highest BCUT2D eigenvalue weighted by Gasteiger charge is 2.17. The number of hydrogen-bond donors (Lipinski definition) is 2. The van der Waals surface area contributed by atoms with Gasteiger partial charge in [0.2, 0.25) is 0 Å². The van der Waals surface area contributed by atoms with Gasteiger partial charge >= 0.3 is 0 Å². The number of nitrogens with zero attached hydrogens (tertiary/aromatic N) is 2. The predicted molar refractivity (Wildman–Crippen MR) is 119 cm³/mol. The van der Waals surface area contributed by atoms with Crippen molar-refractivity contribution in [1.29, 1.82) is 0 Å². The molecule has 0 aliphatic carbocycles. The molecular formula is C22H25ClN4O3. The first kappa shape index (κ1) is 21.7. The molecule has 0 fully saturated rings. The lowest BCUT2D eigenvalue weighted by Gasteiger charge is -2.15. The highest BCUT2D eigenvalue weighted by molar-refractivity contribution is 6.33. The molecule has 0 aliphatic rings. The van der Waals surface area contributed by atoms with Gasteiger partial charge in [-0.15, -0.1) is 0 Å². The summed E-state index contributed by atoms with van der Waals surface area (Å²) in [5.41, 5.74) is 9.94. The van der Waals surface area contributed by atoms with Gasteiger partial charge in [-0.1, -0.05) is 11.6 Å². The maximum Gasteiger partial charge on any atom is 0.255 e. The second kappa shape index (κ2) is 9.19. The van der Waals surface area contributed by atoms with E-state index in [1.54, 1.807) is 49.3 Å². The molecule has 1 aromatic heterocycles. The maximum atomic E-state index is 12.9. The van der Waals surface area contributed by atoms with Crippen molar-refractivity contribution < 1.29 is 14.3 Å². The number of benzene rings is 2. The molecular weight excluding hydrogens is 404 g/mol. The molecule has 1 heterocycles. The Kier molecular flexibility index (Phi) is 6.64. The SMILES string of the molecule is COc1c(C)cc(C(=O)Nc2ccc(OCCN)c(-c3c(Cl)cnn3C)c2)cc1C. The molecule has 0 spiro atoms. The molecule has 0 atom stereocenters. The lowest BCUT2D eigenvalue weighted by Crippen LogP contribution is -2.14. The standard InChI is InChI=1S/C22H25ClN4O3/c1-13-9-15(10-14(2)21(13)29-4)22(28)26-16-5-6-19(30-8-7-24)17(11-16)20-18(23)12-25-27(20)3/h5-6,9-12H,7-8,24H2,1-4H3,(H,26,28). The summed E-state index contributed by atoms with van der Waals surface area (Å²) in [5, 5.41) is 7.62. The fourth-order valence-electron chi connectivity index (χ4n) is 3.41. The van der Waals surface area contributed by atoms with Crippen LogP contribution in [0.2, 0.25) is 5.02 Å². The molecule has 0 saturated heterocycles. The van der Waals surface area contributed by atoms with Crippen LogP contribution in [0.5, 0.6) is 11.5 Å². The van der Waals surface area contributed by atoms with Crippen molar-refractivity contribution in [1.82, 2.24) is 9.78 Å². The minimum absolute atomic E-state index is 0.221. The van der Waals surface area contributed by atoms with Crippen molar-refractivity contribution in [2.45, 2.75) is 13.8 Å². The van der Waals surface area contributed by atoms with E-state index in [-0.39, 0.29) is 5.91 Å². The van der Waals surface area contributed by atoms with E-state index in [0.29, 0.717) is 46.4 Å². The van der Waals surface area contributed by atoms with Crippen LogP contribution in [-0.4, -0.2) is 35.9 Å². The molecule has 1 amide bonds. The van der Waals surface area contributed by atoms with Gasteiger partial charge in [-0.2, -0.15) is 5.10 Å². The van der Waals surface area contributed by atoms with E-state index in [0.717, 1.165) is 16.9 Å². The highest BCUT2D eigenvalue weighted by atomic mass is 35.5. The van der Waals surface area contributed by atoms with Gasteiger partial charge in [-0.05, 0) is 55.3 Å². The van der Waals surface area contributed by atoms with Crippen molar-refractivity contribution >= 4 is 23.2 Å². The number of methoxy groups -OCH3 is 1. The first-order chi connectivity index (χ1) is 14.3. The number of hydrogen-bond acceptors (Lipinski definition) is 5. The van der Waals surface area contributed by atoms with Crippen LogP contribution in [0.4, 0.5) is 5.69 Å². The number of aryl methyl sites for hydroxylation is 3. The Labute approximate surface area is 180 Å². The molecule has 0 bridgehead atoms. The maximum absolute atomic E-state index is 12.9. The molecule has 2 aromatic carbocycles. The van der Waals surface area contributed by atoms with Crippen molar-refractivity contribution in [3.8, 4) is 22.8 Å². The number of carbonyl (C=O) groups excluding carboxylic acids is 1. The Morgan fingerprint density at radius 2 is 1.93 bits per heavy atom. The topological polar surface area (TPSA) is 91.4 Å². The Hall–Kier alpha value is -3.03. The summed E-state index contributed by atoms with van der Waals surface area (Å²) in [4.78, 5) is 12.9. The zero-order chi connectivity index (χ0) is 21.8. The number of rotatable bonds is 7. The fraction of sp³-hybridized carbons (Fsp3) is 0.273. The van der Waals surface area contributed by atoms with Gasteiger partial charge in [-0.25, -0.2) is 0 Å². The van der Waals surface area contributed by atoms with Crippen LogP contribution in [0.3, 0.4) is 0 Å². The van der Waals surface area contributed by atoms with Crippen LogP contribution in [-0.2, 0) is 7.05 Å². The molecule has 0 aliphatic heterocycles. The molecule has 158 valence electrons. The van der Waals surface area contributed by atoms with E-state index in [2.05, 4.69) is 10.4 Å². The summed E-state index contributed by atoms with van der Waals surface area (Å²) in [6.45, 7) is 4.56. The van der Waals surface area contributed by atoms with Gasteiger partial charge in [0.1, 0.15) is 18.1 Å². The van der Waals surface area contributed by atoms with Gasteiger partial charge < -0.3 is 20.5 Å².